The van der Waals surface area contributed by atoms with Gasteiger partial charge >= 0.3 is 5.00 Å². The van der Waals surface area contributed by atoms with Crippen molar-refractivity contribution in [2.24, 2.45) is 5.10 Å². The normalized spacial score (nSPS) is 11.6. The van der Waals surface area contributed by atoms with Crippen molar-refractivity contribution in [2.45, 2.75) is 26.2 Å². The second-order valence-electron chi connectivity index (χ2n) is 5.96. The zero-order valence-electron chi connectivity index (χ0n) is 13.1. The van der Waals surface area contributed by atoms with Gasteiger partial charge in [0.2, 0.25) is 0 Å². The van der Waals surface area contributed by atoms with E-state index in [1.807, 2.05) is 12.1 Å². The lowest BCUT2D eigenvalue weighted by Crippen LogP contribution is -2.18. The number of nitrogens with one attached hydrogen (secondary N) is 1. The number of nitro groups is 1. The van der Waals surface area contributed by atoms with Crippen LogP contribution in [-0.4, -0.2) is 17.0 Å². The summed E-state index contributed by atoms with van der Waals surface area (Å²) >= 11 is 0.993. The molecular weight excluding hydrogens is 314 g/mol. The van der Waals surface area contributed by atoms with E-state index in [1.165, 1.54) is 12.3 Å². The van der Waals surface area contributed by atoms with E-state index in [2.05, 4.69) is 31.3 Å². The van der Waals surface area contributed by atoms with Gasteiger partial charge in [0.25, 0.3) is 5.91 Å². The number of hydrazone groups is 1. The van der Waals surface area contributed by atoms with Crippen LogP contribution < -0.4 is 5.43 Å². The number of carbonyl (C=O) groups excluding carboxylic acids is 1. The van der Waals surface area contributed by atoms with E-state index in [-0.39, 0.29) is 16.3 Å². The molecule has 1 aromatic heterocycles. The summed E-state index contributed by atoms with van der Waals surface area (Å²) in [4.78, 5) is 22.7. The number of rotatable bonds is 4. The first-order chi connectivity index (χ1) is 10.8. The van der Waals surface area contributed by atoms with Gasteiger partial charge in [-0.3, -0.25) is 14.9 Å². The van der Waals surface area contributed by atoms with Gasteiger partial charge in [-0.1, -0.05) is 44.2 Å². The summed E-state index contributed by atoms with van der Waals surface area (Å²) in [6.07, 6.45) is 1.39. The van der Waals surface area contributed by atoms with Gasteiger partial charge in [-0.25, -0.2) is 5.43 Å². The van der Waals surface area contributed by atoms with E-state index in [9.17, 15) is 14.9 Å². The minimum Gasteiger partial charge on any atom is -0.267 e. The molecule has 120 valence electrons. The fourth-order valence-electron chi connectivity index (χ4n) is 1.85. The molecule has 0 aliphatic heterocycles. The topological polar surface area (TPSA) is 84.6 Å². The minimum atomic E-state index is -0.461. The fourth-order valence-corrected chi connectivity index (χ4v) is 2.54. The maximum Gasteiger partial charge on any atom is 0.324 e. The van der Waals surface area contributed by atoms with Crippen LogP contribution >= 0.6 is 11.3 Å². The predicted molar refractivity (Wildman–Crippen MR) is 91.2 cm³/mol. The van der Waals surface area contributed by atoms with Crippen molar-refractivity contribution in [1.29, 1.82) is 0 Å². The molecule has 7 heteroatoms. The maximum atomic E-state index is 12.0. The van der Waals surface area contributed by atoms with Crippen LogP contribution in [0.4, 0.5) is 5.00 Å². The number of nitrogens with zero attached hydrogens (tertiary/aromatic N) is 2. The molecule has 0 atom stereocenters. The van der Waals surface area contributed by atoms with Crippen LogP contribution in [0, 0.1) is 10.1 Å². The molecule has 0 spiro atoms. The van der Waals surface area contributed by atoms with Gasteiger partial charge in [-0.05, 0) is 29.2 Å². The van der Waals surface area contributed by atoms with Gasteiger partial charge in [-0.2, -0.15) is 5.10 Å². The summed E-state index contributed by atoms with van der Waals surface area (Å²) in [5.74, 6) is -0.326. The number of benzene rings is 1. The van der Waals surface area contributed by atoms with E-state index in [1.54, 1.807) is 18.2 Å². The molecule has 1 aromatic carbocycles. The van der Waals surface area contributed by atoms with E-state index in [4.69, 9.17) is 0 Å². The van der Waals surface area contributed by atoms with Gasteiger partial charge in [-0.15, -0.1) is 0 Å². The number of hydrogen-bond acceptors (Lipinski definition) is 5. The summed E-state index contributed by atoms with van der Waals surface area (Å²) in [5, 5.41) is 14.4. The molecule has 23 heavy (non-hydrogen) atoms. The quantitative estimate of drug-likeness (QED) is 0.526. The van der Waals surface area contributed by atoms with Crippen LogP contribution in [0.1, 0.15) is 41.6 Å². The zero-order valence-corrected chi connectivity index (χ0v) is 13.9. The molecule has 2 aromatic rings. The van der Waals surface area contributed by atoms with E-state index in [0.717, 1.165) is 16.9 Å². The van der Waals surface area contributed by atoms with Crippen molar-refractivity contribution in [2.75, 3.05) is 0 Å². The third kappa shape index (κ3) is 4.46. The van der Waals surface area contributed by atoms with Gasteiger partial charge in [0.05, 0.1) is 16.0 Å². The second kappa shape index (κ2) is 6.70. The van der Waals surface area contributed by atoms with Gasteiger partial charge in [0.15, 0.2) is 0 Å². The zero-order chi connectivity index (χ0) is 17.0. The Balaban J connectivity index is 1.98. The lowest BCUT2D eigenvalue weighted by molar-refractivity contribution is -0.380. The first-order valence-electron chi connectivity index (χ1n) is 6.95. The Labute approximate surface area is 138 Å². The fraction of sp³-hybridized carbons (Fsp3) is 0.250. The Morgan fingerprint density at radius 3 is 2.39 bits per heavy atom. The summed E-state index contributed by atoms with van der Waals surface area (Å²) < 4.78 is 0. The Morgan fingerprint density at radius 2 is 1.87 bits per heavy atom. The number of thiophene rings is 1. The highest BCUT2D eigenvalue weighted by atomic mass is 32.1. The van der Waals surface area contributed by atoms with Crippen molar-refractivity contribution < 1.29 is 9.72 Å². The van der Waals surface area contributed by atoms with Crippen LogP contribution in [0.25, 0.3) is 0 Å². The smallest absolute Gasteiger partial charge is 0.267 e. The number of carbonyl (C=O) groups is 1. The molecule has 2 rings (SSSR count). The SMILES string of the molecule is CC(C)(C)c1ccc(C(=O)N/N=C\c2ccc([N+](=O)[O-])s2)cc1. The first kappa shape index (κ1) is 16.8. The van der Waals surface area contributed by atoms with Crippen molar-refractivity contribution in [3.63, 3.8) is 0 Å². The summed E-state index contributed by atoms with van der Waals surface area (Å²) in [6.45, 7) is 6.31. The van der Waals surface area contributed by atoms with Crippen molar-refractivity contribution in [3.05, 3.63) is 62.5 Å². The Bertz CT molecular complexity index is 743. The van der Waals surface area contributed by atoms with E-state index in [0.29, 0.717) is 10.4 Å². The Kier molecular flexibility index (Phi) is 4.90. The third-order valence-electron chi connectivity index (χ3n) is 3.16. The highest BCUT2D eigenvalue weighted by Gasteiger charge is 2.14. The molecule has 1 amide bonds. The van der Waals surface area contributed by atoms with Crippen LogP contribution in [0.2, 0.25) is 0 Å². The standard InChI is InChI=1S/C16H17N3O3S/c1-16(2,3)12-6-4-11(5-7-12)15(20)18-17-10-13-8-9-14(23-13)19(21)22/h4-10H,1-3H3,(H,18,20)/b17-10-. The molecule has 0 saturated carbocycles. The molecule has 1 heterocycles. The lowest BCUT2D eigenvalue weighted by Gasteiger charge is -2.18. The molecule has 0 saturated heterocycles. The molecule has 0 aliphatic carbocycles. The van der Waals surface area contributed by atoms with Crippen LogP contribution in [-0.2, 0) is 5.41 Å². The molecule has 6 nitrogen and oxygen atoms in total. The summed E-state index contributed by atoms with van der Waals surface area (Å²) in [7, 11) is 0. The van der Waals surface area contributed by atoms with Crippen LogP contribution in [0.3, 0.4) is 0 Å². The summed E-state index contributed by atoms with van der Waals surface area (Å²) in [5.41, 5.74) is 4.09. The highest BCUT2D eigenvalue weighted by molar-refractivity contribution is 7.16. The summed E-state index contributed by atoms with van der Waals surface area (Å²) in [6, 6.07) is 10.3. The molecule has 0 fully saturated rings. The minimum absolute atomic E-state index is 0.0288. The molecular formula is C16H17N3O3S. The number of amides is 1. The van der Waals surface area contributed by atoms with Crippen LogP contribution in [0.15, 0.2) is 41.5 Å². The van der Waals surface area contributed by atoms with Crippen molar-refractivity contribution >= 4 is 28.5 Å². The predicted octanol–water partition coefficient (Wildman–Crippen LogP) is 3.72. The Hall–Kier alpha value is -2.54. The largest absolute Gasteiger partial charge is 0.324 e. The molecule has 1 N–H and O–H groups in total. The third-order valence-corrected chi connectivity index (χ3v) is 4.14. The van der Waals surface area contributed by atoms with Crippen LogP contribution in [0.5, 0.6) is 0 Å². The lowest BCUT2D eigenvalue weighted by atomic mass is 9.87. The molecule has 0 unspecified atom stereocenters. The van der Waals surface area contributed by atoms with Gasteiger partial charge in [0.1, 0.15) is 0 Å². The molecule has 0 radical (unpaired) electrons. The van der Waals surface area contributed by atoms with E-state index < -0.39 is 4.92 Å². The molecule has 0 aliphatic rings. The van der Waals surface area contributed by atoms with E-state index >= 15 is 0 Å². The van der Waals surface area contributed by atoms with Gasteiger partial charge in [0, 0.05) is 11.6 Å². The maximum absolute atomic E-state index is 12.0. The number of hydrogen-bond donors (Lipinski definition) is 1. The highest BCUT2D eigenvalue weighted by Crippen LogP contribution is 2.23. The van der Waals surface area contributed by atoms with Crippen molar-refractivity contribution in [3.8, 4) is 0 Å². The molecule has 0 bridgehead atoms. The van der Waals surface area contributed by atoms with Gasteiger partial charge < -0.3 is 0 Å². The second-order valence-corrected chi connectivity index (χ2v) is 7.05. The van der Waals surface area contributed by atoms with Crippen molar-refractivity contribution in [1.82, 2.24) is 5.43 Å². The first-order valence-corrected chi connectivity index (χ1v) is 7.77. The average molecular weight is 331 g/mol. The Morgan fingerprint density at radius 1 is 1.22 bits per heavy atom. The average Bonchev–Trinajstić information content (AvgIpc) is 2.95. The monoisotopic (exact) mass is 331 g/mol.